The first-order valence-electron chi connectivity index (χ1n) is 6.02. The van der Waals surface area contributed by atoms with E-state index in [9.17, 15) is 14.4 Å². The molecule has 1 aromatic carbocycles. The molecule has 0 fully saturated rings. The topological polar surface area (TPSA) is 72.5 Å². The smallest absolute Gasteiger partial charge is 0.338 e. The molecule has 1 N–H and O–H groups in total. The predicted molar refractivity (Wildman–Crippen MR) is 70.0 cm³/mol. The molecule has 0 aliphatic rings. The molecule has 5 nitrogen and oxygen atoms in total. The average molecular weight is 263 g/mol. The second kappa shape index (κ2) is 7.31. The molecular formula is C14H17NO4. The van der Waals surface area contributed by atoms with Crippen LogP contribution >= 0.6 is 0 Å². The minimum atomic E-state index is -0.586. The maximum Gasteiger partial charge on any atom is 0.338 e. The normalized spacial score (nSPS) is 10.1. The van der Waals surface area contributed by atoms with Crippen molar-refractivity contribution in [2.45, 2.75) is 13.8 Å². The molecule has 0 saturated carbocycles. The van der Waals surface area contributed by atoms with Gasteiger partial charge in [-0.1, -0.05) is 26.0 Å². The number of carbonyl (C=O) groups excluding carboxylic acids is 3. The van der Waals surface area contributed by atoms with Crippen molar-refractivity contribution >= 4 is 18.2 Å². The molecule has 0 heterocycles. The number of hydrogen-bond donors (Lipinski definition) is 1. The van der Waals surface area contributed by atoms with E-state index in [1.54, 1.807) is 0 Å². The Hall–Kier alpha value is -2.17. The molecule has 0 spiro atoms. The number of ether oxygens (including phenoxy) is 1. The minimum Gasteiger partial charge on any atom is -0.452 e. The fraction of sp³-hybridized carbons (Fsp3) is 0.357. The largest absolute Gasteiger partial charge is 0.452 e. The first-order chi connectivity index (χ1) is 9.02. The number of amides is 1. The van der Waals surface area contributed by atoms with Crippen molar-refractivity contribution in [3.8, 4) is 0 Å². The number of benzene rings is 1. The fourth-order valence-corrected chi connectivity index (χ4v) is 1.28. The number of rotatable bonds is 6. The van der Waals surface area contributed by atoms with Gasteiger partial charge in [-0.25, -0.2) is 4.79 Å². The van der Waals surface area contributed by atoms with Crippen LogP contribution in [0.2, 0.25) is 0 Å². The van der Waals surface area contributed by atoms with Crippen LogP contribution in [0.3, 0.4) is 0 Å². The summed E-state index contributed by atoms with van der Waals surface area (Å²) in [6.07, 6.45) is 0.689. The van der Waals surface area contributed by atoms with Crippen molar-refractivity contribution < 1.29 is 19.1 Å². The Balaban J connectivity index is 2.42. The highest BCUT2D eigenvalue weighted by atomic mass is 16.5. The molecule has 1 aromatic rings. The highest BCUT2D eigenvalue weighted by Gasteiger charge is 2.10. The zero-order valence-corrected chi connectivity index (χ0v) is 11.0. The Kier molecular flexibility index (Phi) is 5.73. The number of carbonyl (C=O) groups is 3. The van der Waals surface area contributed by atoms with E-state index in [2.05, 4.69) is 5.32 Å². The summed E-state index contributed by atoms with van der Waals surface area (Å²) in [4.78, 5) is 33.4. The van der Waals surface area contributed by atoms with E-state index in [-0.39, 0.29) is 12.5 Å². The summed E-state index contributed by atoms with van der Waals surface area (Å²) in [6, 6.07) is 6.00. The van der Waals surface area contributed by atoms with Crippen molar-refractivity contribution in [1.29, 1.82) is 0 Å². The van der Waals surface area contributed by atoms with Crippen LogP contribution in [0.15, 0.2) is 24.3 Å². The van der Waals surface area contributed by atoms with Crippen LogP contribution in [0.5, 0.6) is 0 Å². The monoisotopic (exact) mass is 263 g/mol. The van der Waals surface area contributed by atoms with Crippen LogP contribution in [-0.4, -0.2) is 31.3 Å². The molecule has 0 aliphatic carbocycles. The van der Waals surface area contributed by atoms with Gasteiger partial charge in [0.1, 0.15) is 6.29 Å². The van der Waals surface area contributed by atoms with Crippen molar-refractivity contribution in [2.24, 2.45) is 5.92 Å². The summed E-state index contributed by atoms with van der Waals surface area (Å²) in [5.41, 5.74) is 0.786. The zero-order chi connectivity index (χ0) is 14.3. The Labute approximate surface area is 111 Å². The summed E-state index contributed by atoms with van der Waals surface area (Å²) < 4.78 is 4.86. The van der Waals surface area contributed by atoms with E-state index in [4.69, 9.17) is 4.74 Å². The third-order valence-corrected chi connectivity index (χ3v) is 2.32. The molecule has 0 saturated heterocycles. The van der Waals surface area contributed by atoms with E-state index < -0.39 is 5.97 Å². The molecule has 1 amide bonds. The highest BCUT2D eigenvalue weighted by Crippen LogP contribution is 2.04. The quantitative estimate of drug-likeness (QED) is 0.622. The molecule has 0 radical (unpaired) electrons. The van der Waals surface area contributed by atoms with Gasteiger partial charge in [0.05, 0.1) is 5.56 Å². The predicted octanol–water partition coefficient (Wildman–Crippen LogP) is 1.43. The fourth-order valence-electron chi connectivity index (χ4n) is 1.28. The van der Waals surface area contributed by atoms with Gasteiger partial charge in [0.15, 0.2) is 6.61 Å². The third kappa shape index (κ3) is 5.33. The van der Waals surface area contributed by atoms with Gasteiger partial charge in [-0.3, -0.25) is 9.59 Å². The van der Waals surface area contributed by atoms with E-state index in [0.717, 1.165) is 0 Å². The molecule has 0 unspecified atom stereocenters. The lowest BCUT2D eigenvalue weighted by atomic mass is 10.1. The molecule has 0 atom stereocenters. The Morgan fingerprint density at radius 2 is 1.89 bits per heavy atom. The van der Waals surface area contributed by atoms with Gasteiger partial charge >= 0.3 is 5.97 Å². The van der Waals surface area contributed by atoms with Gasteiger partial charge in [-0.2, -0.15) is 0 Å². The SMILES string of the molecule is CC(C)CNC(=O)COC(=O)c1ccc(C=O)cc1. The Morgan fingerprint density at radius 3 is 2.42 bits per heavy atom. The first kappa shape index (κ1) is 14.9. The average Bonchev–Trinajstić information content (AvgIpc) is 2.42. The van der Waals surface area contributed by atoms with Crippen LogP contribution < -0.4 is 5.32 Å². The molecule has 102 valence electrons. The van der Waals surface area contributed by atoms with Gasteiger partial charge in [0.2, 0.25) is 0 Å². The standard InChI is InChI=1S/C14H17NO4/c1-10(2)7-15-13(17)9-19-14(18)12-5-3-11(8-16)4-6-12/h3-6,8,10H,7,9H2,1-2H3,(H,15,17). The van der Waals surface area contributed by atoms with Crippen LogP contribution in [0, 0.1) is 5.92 Å². The summed E-state index contributed by atoms with van der Waals surface area (Å²) >= 11 is 0. The molecule has 5 heteroatoms. The number of nitrogens with one attached hydrogen (secondary N) is 1. The second-order valence-corrected chi connectivity index (χ2v) is 4.51. The highest BCUT2D eigenvalue weighted by molar-refractivity contribution is 5.92. The minimum absolute atomic E-state index is 0.305. The Bertz CT molecular complexity index is 451. The van der Waals surface area contributed by atoms with Gasteiger partial charge < -0.3 is 10.1 Å². The zero-order valence-electron chi connectivity index (χ0n) is 11.0. The van der Waals surface area contributed by atoms with Gasteiger partial charge in [-0.05, 0) is 18.1 Å². The van der Waals surface area contributed by atoms with E-state index in [0.29, 0.717) is 29.9 Å². The summed E-state index contributed by atoms with van der Waals surface area (Å²) in [5, 5.41) is 2.64. The van der Waals surface area contributed by atoms with E-state index >= 15 is 0 Å². The molecule has 0 aliphatic heterocycles. The molecule has 0 aromatic heterocycles. The van der Waals surface area contributed by atoms with Gasteiger partial charge in [-0.15, -0.1) is 0 Å². The van der Waals surface area contributed by atoms with Crippen molar-refractivity contribution in [1.82, 2.24) is 5.32 Å². The van der Waals surface area contributed by atoms with Crippen LogP contribution in [0.4, 0.5) is 0 Å². The van der Waals surface area contributed by atoms with E-state index in [1.807, 2.05) is 13.8 Å². The summed E-state index contributed by atoms with van der Waals surface area (Å²) in [6.45, 7) is 4.19. The number of aldehydes is 1. The molecule has 19 heavy (non-hydrogen) atoms. The second-order valence-electron chi connectivity index (χ2n) is 4.51. The van der Waals surface area contributed by atoms with Crippen LogP contribution in [0.1, 0.15) is 34.6 Å². The van der Waals surface area contributed by atoms with Crippen LogP contribution in [0.25, 0.3) is 0 Å². The van der Waals surface area contributed by atoms with Gasteiger partial charge in [0.25, 0.3) is 5.91 Å². The number of esters is 1. The maximum atomic E-state index is 11.6. The Morgan fingerprint density at radius 1 is 1.26 bits per heavy atom. The summed E-state index contributed by atoms with van der Waals surface area (Å²) in [5.74, 6) is -0.570. The number of hydrogen-bond acceptors (Lipinski definition) is 4. The lowest BCUT2D eigenvalue weighted by Gasteiger charge is -2.08. The van der Waals surface area contributed by atoms with Crippen molar-refractivity contribution in [2.75, 3.05) is 13.2 Å². The third-order valence-electron chi connectivity index (χ3n) is 2.32. The van der Waals surface area contributed by atoms with Crippen molar-refractivity contribution in [3.63, 3.8) is 0 Å². The van der Waals surface area contributed by atoms with E-state index in [1.165, 1.54) is 24.3 Å². The van der Waals surface area contributed by atoms with Crippen molar-refractivity contribution in [3.05, 3.63) is 35.4 Å². The lowest BCUT2D eigenvalue weighted by Crippen LogP contribution is -2.31. The maximum absolute atomic E-state index is 11.6. The summed E-state index contributed by atoms with van der Waals surface area (Å²) in [7, 11) is 0. The lowest BCUT2D eigenvalue weighted by molar-refractivity contribution is -0.124. The first-order valence-corrected chi connectivity index (χ1v) is 6.02. The molecule has 1 rings (SSSR count). The molecular weight excluding hydrogens is 246 g/mol. The van der Waals surface area contributed by atoms with Gasteiger partial charge in [0, 0.05) is 12.1 Å². The molecule has 0 bridgehead atoms. The van der Waals surface area contributed by atoms with Crippen LogP contribution in [-0.2, 0) is 9.53 Å².